The summed E-state index contributed by atoms with van der Waals surface area (Å²) < 4.78 is 9.30. The van der Waals surface area contributed by atoms with Gasteiger partial charge in [0.05, 0.1) is 16.7 Å². The number of cyclic esters (lactones) is 3. The van der Waals surface area contributed by atoms with Gasteiger partial charge in [-0.1, -0.05) is 18.2 Å². The summed E-state index contributed by atoms with van der Waals surface area (Å²) in [6, 6.07) is 9.99. The molecule has 0 aromatic heterocycles. The second kappa shape index (κ2) is 4.76. The molecule has 1 N–H and O–H groups in total. The molecular formula is C17H10O6. The van der Waals surface area contributed by atoms with E-state index >= 15 is 0 Å². The number of carbonyl (C=O) groups excluding carboxylic acids is 3. The number of ether oxygens (including phenoxy) is 2. The lowest BCUT2D eigenvalue weighted by atomic mass is 9.97. The van der Waals surface area contributed by atoms with Crippen molar-refractivity contribution in [3.8, 4) is 0 Å². The first-order valence-electron chi connectivity index (χ1n) is 6.94. The molecule has 0 fully saturated rings. The fourth-order valence-corrected chi connectivity index (χ4v) is 2.81. The number of aliphatic hydroxyl groups excluding tert-OH is 1. The van der Waals surface area contributed by atoms with Gasteiger partial charge in [0.15, 0.2) is 0 Å². The molecule has 1 unspecified atom stereocenters. The Morgan fingerprint density at radius 1 is 0.826 bits per heavy atom. The van der Waals surface area contributed by atoms with Crippen LogP contribution in [0.4, 0.5) is 0 Å². The molecule has 2 aromatic carbocycles. The van der Waals surface area contributed by atoms with E-state index in [0.29, 0.717) is 17.5 Å². The molecule has 0 spiro atoms. The van der Waals surface area contributed by atoms with Crippen molar-refractivity contribution in [1.29, 1.82) is 0 Å². The normalized spacial score (nSPS) is 18.5. The molecule has 6 nitrogen and oxygen atoms in total. The Balaban J connectivity index is 1.66. The van der Waals surface area contributed by atoms with Gasteiger partial charge in [0.25, 0.3) is 0 Å². The van der Waals surface area contributed by atoms with E-state index in [1.165, 1.54) is 0 Å². The monoisotopic (exact) mass is 310 g/mol. The van der Waals surface area contributed by atoms with Crippen molar-refractivity contribution in [3.05, 3.63) is 69.8 Å². The quantitative estimate of drug-likeness (QED) is 0.671. The molecule has 0 bridgehead atoms. The van der Waals surface area contributed by atoms with Crippen LogP contribution in [0.3, 0.4) is 0 Å². The number of hydrogen-bond donors (Lipinski definition) is 1. The lowest BCUT2D eigenvalue weighted by Gasteiger charge is -2.05. The van der Waals surface area contributed by atoms with E-state index in [4.69, 9.17) is 4.74 Å². The van der Waals surface area contributed by atoms with Gasteiger partial charge >= 0.3 is 17.9 Å². The van der Waals surface area contributed by atoms with Crippen LogP contribution in [0.25, 0.3) is 0 Å². The summed E-state index contributed by atoms with van der Waals surface area (Å²) in [5, 5.41) is 9.57. The molecule has 1 atom stereocenters. The van der Waals surface area contributed by atoms with E-state index in [1.807, 2.05) is 0 Å². The average Bonchev–Trinajstić information content (AvgIpc) is 2.96. The summed E-state index contributed by atoms with van der Waals surface area (Å²) in [5.74, 6) is -1.84. The minimum Gasteiger partial charge on any atom is -0.428 e. The van der Waals surface area contributed by atoms with Crippen LogP contribution in [0.5, 0.6) is 0 Å². The summed E-state index contributed by atoms with van der Waals surface area (Å²) in [6.07, 6.45) is -0.752. The van der Waals surface area contributed by atoms with Gasteiger partial charge < -0.3 is 14.6 Å². The topological polar surface area (TPSA) is 89.9 Å². The summed E-state index contributed by atoms with van der Waals surface area (Å²) >= 11 is 0. The van der Waals surface area contributed by atoms with Crippen molar-refractivity contribution in [1.82, 2.24) is 0 Å². The number of fused-ring (bicyclic) bond motifs is 2. The van der Waals surface area contributed by atoms with Crippen LogP contribution in [0.1, 0.15) is 54.1 Å². The number of esters is 3. The van der Waals surface area contributed by atoms with Gasteiger partial charge in [-0.25, -0.2) is 14.4 Å². The molecule has 6 heteroatoms. The average molecular weight is 310 g/mol. The van der Waals surface area contributed by atoms with Gasteiger partial charge in [0.1, 0.15) is 0 Å². The first-order valence-corrected chi connectivity index (χ1v) is 6.94. The van der Waals surface area contributed by atoms with Gasteiger partial charge in [-0.05, 0) is 35.7 Å². The van der Waals surface area contributed by atoms with Gasteiger partial charge in [0.2, 0.25) is 6.29 Å². The van der Waals surface area contributed by atoms with Crippen LogP contribution in [0.15, 0.2) is 36.4 Å². The first-order chi connectivity index (χ1) is 11.0. The number of hydrogen-bond acceptors (Lipinski definition) is 6. The highest BCUT2D eigenvalue weighted by atomic mass is 16.6. The Hall–Kier alpha value is -2.99. The summed E-state index contributed by atoms with van der Waals surface area (Å²) in [7, 11) is 0. The fraction of sp³-hybridized carbons (Fsp3) is 0.118. The summed E-state index contributed by atoms with van der Waals surface area (Å²) in [6.45, 7) is 0. The minimum absolute atomic E-state index is 0.253. The first kappa shape index (κ1) is 13.7. The largest absolute Gasteiger partial charge is 0.428 e. The minimum atomic E-state index is -1.22. The Bertz CT molecular complexity index is 883. The van der Waals surface area contributed by atoms with E-state index < -0.39 is 24.2 Å². The van der Waals surface area contributed by atoms with Crippen LogP contribution in [-0.4, -0.2) is 23.0 Å². The van der Waals surface area contributed by atoms with Gasteiger partial charge in [-0.3, -0.25) is 0 Å². The second-order valence-corrected chi connectivity index (χ2v) is 5.41. The van der Waals surface area contributed by atoms with E-state index in [1.54, 1.807) is 36.4 Å². The molecule has 2 aliphatic rings. The van der Waals surface area contributed by atoms with Crippen LogP contribution in [0, 0.1) is 0 Å². The highest BCUT2D eigenvalue weighted by Gasteiger charge is 2.31. The number of benzene rings is 2. The standard InChI is InChI=1S/C17H10O6/c18-14-10-3-1-8(6-12(10)16(20)22-14)5-9-2-4-11-13(7-9)17(21)23-15(11)19/h1-4,6-7,14,18H,5H2. The molecule has 0 amide bonds. The summed E-state index contributed by atoms with van der Waals surface area (Å²) in [5.41, 5.74) is 2.94. The Morgan fingerprint density at radius 3 is 2.26 bits per heavy atom. The third kappa shape index (κ3) is 2.11. The van der Waals surface area contributed by atoms with Crippen LogP contribution < -0.4 is 0 Å². The maximum Gasteiger partial charge on any atom is 0.346 e. The van der Waals surface area contributed by atoms with Crippen molar-refractivity contribution in [2.75, 3.05) is 0 Å². The third-order valence-electron chi connectivity index (χ3n) is 3.94. The van der Waals surface area contributed by atoms with E-state index in [2.05, 4.69) is 4.74 Å². The van der Waals surface area contributed by atoms with Crippen molar-refractivity contribution < 1.29 is 29.0 Å². The number of rotatable bonds is 2. The molecule has 2 heterocycles. The van der Waals surface area contributed by atoms with Crippen molar-refractivity contribution in [2.45, 2.75) is 12.7 Å². The van der Waals surface area contributed by atoms with Crippen molar-refractivity contribution >= 4 is 17.9 Å². The van der Waals surface area contributed by atoms with E-state index in [9.17, 15) is 19.5 Å². The lowest BCUT2D eigenvalue weighted by Crippen LogP contribution is -1.98. The van der Waals surface area contributed by atoms with Crippen LogP contribution in [-0.2, 0) is 15.9 Å². The Morgan fingerprint density at radius 2 is 1.48 bits per heavy atom. The van der Waals surface area contributed by atoms with Gasteiger partial charge in [-0.2, -0.15) is 0 Å². The maximum absolute atomic E-state index is 11.6. The van der Waals surface area contributed by atoms with E-state index in [-0.39, 0.29) is 11.1 Å². The molecule has 0 radical (unpaired) electrons. The fourth-order valence-electron chi connectivity index (χ4n) is 2.81. The number of carbonyl (C=O) groups is 3. The predicted molar refractivity (Wildman–Crippen MR) is 75.8 cm³/mol. The zero-order chi connectivity index (χ0) is 16.1. The molecule has 0 saturated heterocycles. The lowest BCUT2D eigenvalue weighted by molar-refractivity contribution is -0.0547. The van der Waals surface area contributed by atoms with Crippen LogP contribution in [0.2, 0.25) is 0 Å². The zero-order valence-electron chi connectivity index (χ0n) is 11.7. The van der Waals surface area contributed by atoms with E-state index in [0.717, 1.165) is 11.1 Å². The molecule has 23 heavy (non-hydrogen) atoms. The SMILES string of the molecule is O=C1OC(=O)c2cc(Cc3ccc4c(c3)C(=O)OC4O)ccc21. The molecular weight excluding hydrogens is 300 g/mol. The van der Waals surface area contributed by atoms with Crippen molar-refractivity contribution in [3.63, 3.8) is 0 Å². The molecule has 0 saturated carbocycles. The Labute approximate surface area is 130 Å². The van der Waals surface area contributed by atoms with Crippen molar-refractivity contribution in [2.24, 2.45) is 0 Å². The second-order valence-electron chi connectivity index (χ2n) is 5.41. The molecule has 0 aliphatic carbocycles. The van der Waals surface area contributed by atoms with Gasteiger partial charge in [0, 0.05) is 5.56 Å². The predicted octanol–water partition coefficient (Wildman–Crippen LogP) is 1.75. The molecule has 114 valence electrons. The zero-order valence-corrected chi connectivity index (χ0v) is 11.7. The molecule has 2 aromatic rings. The molecule has 2 aliphatic heterocycles. The Kier molecular flexibility index (Phi) is 2.82. The number of aliphatic hydroxyl groups is 1. The maximum atomic E-state index is 11.6. The smallest absolute Gasteiger partial charge is 0.346 e. The highest BCUT2D eigenvalue weighted by molar-refractivity contribution is 6.14. The third-order valence-corrected chi connectivity index (χ3v) is 3.94. The highest BCUT2D eigenvalue weighted by Crippen LogP contribution is 2.30. The summed E-state index contributed by atoms with van der Waals surface area (Å²) in [4.78, 5) is 34.6. The van der Waals surface area contributed by atoms with Crippen LogP contribution >= 0.6 is 0 Å². The molecule has 4 rings (SSSR count). The van der Waals surface area contributed by atoms with Gasteiger partial charge in [-0.15, -0.1) is 0 Å².